The van der Waals surface area contributed by atoms with Crippen LogP contribution in [0.3, 0.4) is 0 Å². The van der Waals surface area contributed by atoms with Crippen LogP contribution < -0.4 is 11.0 Å². The first kappa shape index (κ1) is 15.2. The van der Waals surface area contributed by atoms with Gasteiger partial charge in [-0.1, -0.05) is 30.7 Å². The van der Waals surface area contributed by atoms with Crippen LogP contribution in [0.1, 0.15) is 22.8 Å². The first-order valence-corrected chi connectivity index (χ1v) is 7.53. The molecule has 1 N–H and O–H groups in total. The SMILES string of the molecule is CCc1ccc(C(=O)Nn2cnc3ccc(Cl)cc3c2=O)cc1. The summed E-state index contributed by atoms with van der Waals surface area (Å²) in [5, 5.41) is 0.789. The molecule has 2 aromatic carbocycles. The Balaban J connectivity index is 1.92. The van der Waals surface area contributed by atoms with Gasteiger partial charge in [0.05, 0.1) is 10.9 Å². The summed E-state index contributed by atoms with van der Waals surface area (Å²) in [4.78, 5) is 28.8. The fourth-order valence-electron chi connectivity index (χ4n) is 2.24. The molecule has 6 heteroatoms. The Bertz CT molecular complexity index is 933. The van der Waals surface area contributed by atoms with Crippen LogP contribution in [-0.4, -0.2) is 15.6 Å². The van der Waals surface area contributed by atoms with Crippen molar-refractivity contribution in [1.82, 2.24) is 9.66 Å². The fourth-order valence-corrected chi connectivity index (χ4v) is 2.41. The van der Waals surface area contributed by atoms with E-state index in [2.05, 4.69) is 10.4 Å². The lowest BCUT2D eigenvalue weighted by atomic mass is 10.1. The zero-order valence-corrected chi connectivity index (χ0v) is 13.2. The molecule has 0 radical (unpaired) electrons. The highest BCUT2D eigenvalue weighted by molar-refractivity contribution is 6.31. The van der Waals surface area contributed by atoms with E-state index < -0.39 is 0 Å². The van der Waals surface area contributed by atoms with E-state index in [1.54, 1.807) is 24.3 Å². The summed E-state index contributed by atoms with van der Waals surface area (Å²) in [5.41, 5.74) is 4.29. The topological polar surface area (TPSA) is 64.0 Å². The Morgan fingerprint density at radius 2 is 1.96 bits per heavy atom. The van der Waals surface area contributed by atoms with Crippen molar-refractivity contribution in [2.24, 2.45) is 0 Å². The minimum Gasteiger partial charge on any atom is -0.267 e. The molecule has 3 aromatic rings. The van der Waals surface area contributed by atoms with Gasteiger partial charge in [-0.25, -0.2) is 9.66 Å². The molecule has 23 heavy (non-hydrogen) atoms. The smallest absolute Gasteiger partial charge is 0.267 e. The van der Waals surface area contributed by atoms with Crippen LogP contribution in [-0.2, 0) is 6.42 Å². The highest BCUT2D eigenvalue weighted by Crippen LogP contribution is 2.14. The highest BCUT2D eigenvalue weighted by atomic mass is 35.5. The maximum absolute atomic E-state index is 12.4. The largest absolute Gasteiger partial charge is 0.280 e. The number of fused-ring (bicyclic) bond motifs is 1. The third-order valence-electron chi connectivity index (χ3n) is 3.57. The van der Waals surface area contributed by atoms with E-state index in [-0.39, 0.29) is 11.5 Å². The molecular weight excluding hydrogens is 314 g/mol. The average Bonchev–Trinajstić information content (AvgIpc) is 2.58. The van der Waals surface area contributed by atoms with Gasteiger partial charge in [-0.3, -0.25) is 15.0 Å². The second-order valence-corrected chi connectivity index (χ2v) is 5.51. The third kappa shape index (κ3) is 3.10. The molecule has 0 unspecified atom stereocenters. The van der Waals surface area contributed by atoms with Gasteiger partial charge >= 0.3 is 0 Å². The molecular formula is C17H14ClN3O2. The number of carbonyl (C=O) groups excluding carboxylic acids is 1. The number of amides is 1. The van der Waals surface area contributed by atoms with Crippen molar-refractivity contribution in [2.45, 2.75) is 13.3 Å². The molecule has 1 aromatic heterocycles. The minimum absolute atomic E-state index is 0.349. The number of nitrogens with zero attached hydrogens (tertiary/aromatic N) is 2. The van der Waals surface area contributed by atoms with Crippen molar-refractivity contribution in [3.05, 3.63) is 75.3 Å². The Labute approximate surface area is 137 Å². The molecule has 0 saturated carbocycles. The van der Waals surface area contributed by atoms with E-state index in [9.17, 15) is 9.59 Å². The molecule has 1 amide bonds. The molecule has 0 aliphatic rings. The van der Waals surface area contributed by atoms with Gasteiger partial charge < -0.3 is 0 Å². The number of rotatable bonds is 3. The molecule has 116 valence electrons. The fraction of sp³-hybridized carbons (Fsp3) is 0.118. The lowest BCUT2D eigenvalue weighted by Crippen LogP contribution is -2.33. The first-order chi connectivity index (χ1) is 11.1. The van der Waals surface area contributed by atoms with Crippen molar-refractivity contribution in [1.29, 1.82) is 0 Å². The van der Waals surface area contributed by atoms with Crippen molar-refractivity contribution < 1.29 is 4.79 Å². The Morgan fingerprint density at radius 1 is 1.22 bits per heavy atom. The number of carbonyl (C=O) groups is 1. The van der Waals surface area contributed by atoms with E-state index in [4.69, 9.17) is 11.6 Å². The van der Waals surface area contributed by atoms with Crippen LogP contribution in [0.4, 0.5) is 0 Å². The van der Waals surface area contributed by atoms with Gasteiger partial charge in [0.15, 0.2) is 0 Å². The van der Waals surface area contributed by atoms with Gasteiger partial charge in [-0.05, 0) is 42.3 Å². The van der Waals surface area contributed by atoms with Crippen molar-refractivity contribution in [3.8, 4) is 0 Å². The van der Waals surface area contributed by atoms with Crippen molar-refractivity contribution >= 4 is 28.4 Å². The Morgan fingerprint density at radius 3 is 2.65 bits per heavy atom. The molecule has 0 atom stereocenters. The summed E-state index contributed by atoms with van der Waals surface area (Å²) in [7, 11) is 0. The van der Waals surface area contributed by atoms with Gasteiger partial charge in [-0.15, -0.1) is 0 Å². The lowest BCUT2D eigenvalue weighted by molar-refractivity contribution is 0.101. The quantitative estimate of drug-likeness (QED) is 0.804. The monoisotopic (exact) mass is 327 g/mol. The zero-order valence-electron chi connectivity index (χ0n) is 12.4. The molecule has 0 saturated heterocycles. The zero-order chi connectivity index (χ0) is 16.4. The number of halogens is 1. The van der Waals surface area contributed by atoms with Crippen LogP contribution in [0.15, 0.2) is 53.6 Å². The second-order valence-electron chi connectivity index (χ2n) is 5.07. The number of aromatic nitrogens is 2. The van der Waals surface area contributed by atoms with Crippen molar-refractivity contribution in [3.63, 3.8) is 0 Å². The second kappa shape index (κ2) is 6.22. The molecule has 3 rings (SSSR count). The molecule has 5 nitrogen and oxygen atoms in total. The van der Waals surface area contributed by atoms with E-state index >= 15 is 0 Å². The Kier molecular flexibility index (Phi) is 4.12. The highest BCUT2D eigenvalue weighted by Gasteiger charge is 2.09. The number of hydrogen-bond acceptors (Lipinski definition) is 3. The summed E-state index contributed by atoms with van der Waals surface area (Å²) in [6.45, 7) is 2.04. The van der Waals surface area contributed by atoms with E-state index in [0.29, 0.717) is 21.5 Å². The summed E-state index contributed by atoms with van der Waals surface area (Å²) < 4.78 is 1.06. The number of nitrogens with one attached hydrogen (secondary N) is 1. The van der Waals surface area contributed by atoms with Gasteiger partial charge in [0.2, 0.25) is 0 Å². The van der Waals surface area contributed by atoms with Crippen LogP contribution in [0.5, 0.6) is 0 Å². The predicted molar refractivity (Wildman–Crippen MR) is 90.5 cm³/mol. The maximum atomic E-state index is 12.4. The molecule has 0 spiro atoms. The summed E-state index contributed by atoms with van der Waals surface area (Å²) in [6, 6.07) is 12.1. The lowest BCUT2D eigenvalue weighted by Gasteiger charge is -2.09. The normalized spacial score (nSPS) is 10.7. The molecule has 0 fully saturated rings. The van der Waals surface area contributed by atoms with Gasteiger partial charge in [0.1, 0.15) is 6.33 Å². The van der Waals surface area contributed by atoms with Gasteiger partial charge in [0.25, 0.3) is 11.5 Å². The molecule has 1 heterocycles. The molecule has 0 aliphatic heterocycles. The standard InChI is InChI=1S/C17H14ClN3O2/c1-2-11-3-5-12(6-4-11)16(22)20-21-10-19-15-8-7-13(18)9-14(15)17(21)23/h3-10H,2H2,1H3,(H,20,22). The molecule has 0 aliphatic carbocycles. The van der Waals surface area contributed by atoms with Crippen molar-refractivity contribution in [2.75, 3.05) is 5.43 Å². The van der Waals surface area contributed by atoms with Gasteiger partial charge in [-0.2, -0.15) is 0 Å². The van der Waals surface area contributed by atoms with Crippen LogP contribution in [0.2, 0.25) is 5.02 Å². The summed E-state index contributed by atoms with van der Waals surface area (Å²) >= 11 is 5.91. The number of aryl methyl sites for hydroxylation is 1. The predicted octanol–water partition coefficient (Wildman–Crippen LogP) is 3.00. The van der Waals surface area contributed by atoms with Crippen LogP contribution in [0.25, 0.3) is 10.9 Å². The average molecular weight is 328 g/mol. The number of hydrogen-bond donors (Lipinski definition) is 1. The number of benzene rings is 2. The van der Waals surface area contributed by atoms with E-state index in [0.717, 1.165) is 16.7 Å². The summed E-state index contributed by atoms with van der Waals surface area (Å²) in [5.74, 6) is -0.377. The van der Waals surface area contributed by atoms with E-state index in [1.165, 1.54) is 12.4 Å². The Hall–Kier alpha value is -2.66. The van der Waals surface area contributed by atoms with Gasteiger partial charge in [0, 0.05) is 10.6 Å². The third-order valence-corrected chi connectivity index (χ3v) is 3.80. The van der Waals surface area contributed by atoms with Crippen LogP contribution in [0, 0.1) is 0 Å². The first-order valence-electron chi connectivity index (χ1n) is 7.15. The minimum atomic E-state index is -0.379. The maximum Gasteiger partial charge on any atom is 0.280 e. The summed E-state index contributed by atoms with van der Waals surface area (Å²) in [6.07, 6.45) is 2.19. The van der Waals surface area contributed by atoms with Crippen LogP contribution >= 0.6 is 11.6 Å². The molecule has 0 bridgehead atoms. The van der Waals surface area contributed by atoms with E-state index in [1.807, 2.05) is 19.1 Å².